The molecule has 0 unspecified atom stereocenters. The highest BCUT2D eigenvalue weighted by atomic mass is 79.9. The largest absolute Gasteiger partial charge is 0.467 e. The molecule has 1 aromatic heterocycles. The number of halogens is 1. The number of hydrogen-bond donors (Lipinski definition) is 2. The molecule has 0 spiro atoms. The molecular formula is C21H27BrN4O4. The van der Waals surface area contributed by atoms with Gasteiger partial charge in [-0.3, -0.25) is 9.69 Å². The monoisotopic (exact) mass is 478 g/mol. The highest BCUT2D eigenvalue weighted by Crippen LogP contribution is 2.15. The molecule has 3 amide bonds. The second kappa shape index (κ2) is 11.7. The van der Waals surface area contributed by atoms with E-state index < -0.39 is 0 Å². The van der Waals surface area contributed by atoms with Crippen LogP contribution in [0.25, 0.3) is 0 Å². The van der Waals surface area contributed by atoms with E-state index in [0.29, 0.717) is 18.0 Å². The van der Waals surface area contributed by atoms with Crippen LogP contribution in [-0.2, 0) is 16.1 Å². The van der Waals surface area contributed by atoms with Crippen molar-refractivity contribution in [1.29, 1.82) is 0 Å². The molecule has 2 aromatic rings. The number of urea groups is 1. The second-order valence-corrected chi connectivity index (χ2v) is 7.91. The standard InChI is InChI=1S/C21H27BrN4O4/c22-17-3-5-18(6-4-17)24-21(28)26(16-19-2-1-13-30-19)9-7-20(27)23-8-10-25-11-14-29-15-12-25/h1-6,13H,7-12,14-16H2,(H,23,27)(H,24,28). The smallest absolute Gasteiger partial charge is 0.322 e. The first kappa shape index (κ1) is 22.3. The molecule has 0 atom stereocenters. The van der Waals surface area contributed by atoms with Gasteiger partial charge >= 0.3 is 6.03 Å². The Morgan fingerprint density at radius 3 is 2.60 bits per heavy atom. The van der Waals surface area contributed by atoms with Crippen molar-refractivity contribution in [3.05, 3.63) is 52.9 Å². The van der Waals surface area contributed by atoms with Gasteiger partial charge < -0.3 is 24.7 Å². The number of benzene rings is 1. The number of nitrogens with zero attached hydrogens (tertiary/aromatic N) is 2. The van der Waals surface area contributed by atoms with Crippen LogP contribution in [0.5, 0.6) is 0 Å². The Labute approximate surface area is 184 Å². The summed E-state index contributed by atoms with van der Waals surface area (Å²) in [5, 5.41) is 5.80. The van der Waals surface area contributed by atoms with Gasteiger partial charge in [-0.15, -0.1) is 0 Å². The maximum absolute atomic E-state index is 12.8. The normalized spacial score (nSPS) is 14.3. The van der Waals surface area contributed by atoms with Crippen molar-refractivity contribution in [3.8, 4) is 0 Å². The van der Waals surface area contributed by atoms with Crippen LogP contribution in [-0.4, -0.2) is 67.7 Å². The van der Waals surface area contributed by atoms with E-state index in [4.69, 9.17) is 9.15 Å². The number of carbonyl (C=O) groups excluding carboxylic acids is 2. The molecule has 1 fully saturated rings. The van der Waals surface area contributed by atoms with Crippen molar-refractivity contribution < 1.29 is 18.7 Å². The molecule has 162 valence electrons. The molecule has 1 aromatic carbocycles. The number of nitrogens with one attached hydrogen (secondary N) is 2. The summed E-state index contributed by atoms with van der Waals surface area (Å²) in [6.07, 6.45) is 1.79. The van der Waals surface area contributed by atoms with E-state index in [2.05, 4.69) is 31.5 Å². The lowest BCUT2D eigenvalue weighted by Gasteiger charge is -2.26. The third-order valence-corrected chi connectivity index (χ3v) is 5.30. The average molecular weight is 479 g/mol. The van der Waals surface area contributed by atoms with Crippen molar-refractivity contribution in [2.45, 2.75) is 13.0 Å². The molecule has 0 aliphatic carbocycles. The fourth-order valence-corrected chi connectivity index (χ4v) is 3.35. The first-order chi connectivity index (χ1) is 14.6. The summed E-state index contributed by atoms with van der Waals surface area (Å²) in [6.45, 7) is 5.22. The molecular weight excluding hydrogens is 452 g/mol. The Hall–Kier alpha value is -2.36. The zero-order valence-corrected chi connectivity index (χ0v) is 18.4. The number of anilines is 1. The van der Waals surface area contributed by atoms with Gasteiger partial charge in [-0.25, -0.2) is 4.79 Å². The lowest BCUT2D eigenvalue weighted by atomic mass is 10.3. The van der Waals surface area contributed by atoms with Crippen molar-refractivity contribution in [2.24, 2.45) is 0 Å². The number of ether oxygens (including phenoxy) is 1. The molecule has 2 N–H and O–H groups in total. The molecule has 1 aliphatic heterocycles. The van der Waals surface area contributed by atoms with Gasteiger partial charge in [0.15, 0.2) is 0 Å². The Balaban J connectivity index is 1.48. The maximum Gasteiger partial charge on any atom is 0.322 e. The highest BCUT2D eigenvalue weighted by Gasteiger charge is 2.17. The maximum atomic E-state index is 12.8. The van der Waals surface area contributed by atoms with E-state index in [9.17, 15) is 9.59 Å². The Morgan fingerprint density at radius 2 is 1.90 bits per heavy atom. The van der Waals surface area contributed by atoms with Gasteiger partial charge in [-0.1, -0.05) is 15.9 Å². The molecule has 30 heavy (non-hydrogen) atoms. The van der Waals surface area contributed by atoms with E-state index >= 15 is 0 Å². The fourth-order valence-electron chi connectivity index (χ4n) is 3.08. The number of hydrogen-bond acceptors (Lipinski definition) is 5. The van der Waals surface area contributed by atoms with Crippen molar-refractivity contribution >= 4 is 33.6 Å². The first-order valence-corrected chi connectivity index (χ1v) is 10.8. The van der Waals surface area contributed by atoms with Crippen LogP contribution in [0.1, 0.15) is 12.2 Å². The minimum Gasteiger partial charge on any atom is -0.467 e. The number of carbonyl (C=O) groups is 2. The van der Waals surface area contributed by atoms with E-state index in [-0.39, 0.29) is 31.4 Å². The summed E-state index contributed by atoms with van der Waals surface area (Å²) in [7, 11) is 0. The van der Waals surface area contributed by atoms with Gasteiger partial charge in [-0.05, 0) is 36.4 Å². The number of furan rings is 1. The third kappa shape index (κ3) is 7.47. The topological polar surface area (TPSA) is 87.0 Å². The summed E-state index contributed by atoms with van der Waals surface area (Å²) in [5.74, 6) is 0.581. The molecule has 0 saturated carbocycles. The molecule has 1 aliphatic rings. The lowest BCUT2D eigenvalue weighted by Crippen LogP contribution is -2.42. The van der Waals surface area contributed by atoms with Crippen LogP contribution in [0.15, 0.2) is 51.6 Å². The molecule has 8 nitrogen and oxygen atoms in total. The molecule has 0 bridgehead atoms. The van der Waals surface area contributed by atoms with Gasteiger partial charge in [0.05, 0.1) is 26.0 Å². The SMILES string of the molecule is O=C(CCN(Cc1ccco1)C(=O)Nc1ccc(Br)cc1)NCCN1CCOCC1. The van der Waals surface area contributed by atoms with E-state index in [1.165, 1.54) is 0 Å². The number of morpholine rings is 1. The van der Waals surface area contributed by atoms with Gasteiger partial charge in [-0.2, -0.15) is 0 Å². The summed E-state index contributed by atoms with van der Waals surface area (Å²) in [4.78, 5) is 28.9. The minimum atomic E-state index is -0.283. The van der Waals surface area contributed by atoms with E-state index in [1.54, 1.807) is 17.2 Å². The average Bonchev–Trinajstić information content (AvgIpc) is 3.27. The quantitative estimate of drug-likeness (QED) is 0.578. The Morgan fingerprint density at radius 1 is 1.13 bits per heavy atom. The summed E-state index contributed by atoms with van der Waals surface area (Å²) < 4.78 is 11.6. The molecule has 3 rings (SSSR count). The predicted molar refractivity (Wildman–Crippen MR) is 117 cm³/mol. The van der Waals surface area contributed by atoms with E-state index in [1.807, 2.05) is 30.3 Å². The molecule has 1 saturated heterocycles. The van der Waals surface area contributed by atoms with Crippen molar-refractivity contribution in [2.75, 3.05) is 51.3 Å². The minimum absolute atomic E-state index is 0.0795. The predicted octanol–water partition coefficient (Wildman–Crippen LogP) is 2.91. The fraction of sp³-hybridized carbons (Fsp3) is 0.429. The van der Waals surface area contributed by atoms with Crippen LogP contribution in [0.2, 0.25) is 0 Å². The lowest BCUT2D eigenvalue weighted by molar-refractivity contribution is -0.121. The molecule has 0 radical (unpaired) electrons. The number of amides is 3. The molecule has 2 heterocycles. The molecule has 9 heteroatoms. The summed E-state index contributed by atoms with van der Waals surface area (Å²) in [5.41, 5.74) is 0.683. The van der Waals surface area contributed by atoms with Gasteiger partial charge in [0.25, 0.3) is 0 Å². The van der Waals surface area contributed by atoms with Gasteiger partial charge in [0.2, 0.25) is 5.91 Å². The Kier molecular flexibility index (Phi) is 8.73. The van der Waals surface area contributed by atoms with Gasteiger partial charge in [0.1, 0.15) is 5.76 Å². The van der Waals surface area contributed by atoms with Crippen molar-refractivity contribution in [3.63, 3.8) is 0 Å². The zero-order chi connectivity index (χ0) is 21.2. The first-order valence-electron chi connectivity index (χ1n) is 10.0. The van der Waals surface area contributed by atoms with Crippen LogP contribution in [0, 0.1) is 0 Å². The zero-order valence-electron chi connectivity index (χ0n) is 16.8. The summed E-state index contributed by atoms with van der Waals surface area (Å²) in [6, 6.07) is 10.6. The van der Waals surface area contributed by atoms with E-state index in [0.717, 1.165) is 37.3 Å². The van der Waals surface area contributed by atoms with Gasteiger partial charge in [0, 0.05) is 49.3 Å². The van der Waals surface area contributed by atoms with Crippen LogP contribution in [0.4, 0.5) is 10.5 Å². The van der Waals surface area contributed by atoms with Crippen molar-refractivity contribution in [1.82, 2.24) is 15.1 Å². The third-order valence-electron chi connectivity index (χ3n) is 4.77. The number of rotatable bonds is 9. The highest BCUT2D eigenvalue weighted by molar-refractivity contribution is 9.10. The van der Waals surface area contributed by atoms with Crippen LogP contribution >= 0.6 is 15.9 Å². The van der Waals surface area contributed by atoms with Crippen LogP contribution < -0.4 is 10.6 Å². The summed E-state index contributed by atoms with van der Waals surface area (Å²) >= 11 is 3.38. The Bertz CT molecular complexity index is 792. The second-order valence-electron chi connectivity index (χ2n) is 6.99. The van der Waals surface area contributed by atoms with Crippen LogP contribution in [0.3, 0.4) is 0 Å².